The Morgan fingerprint density at radius 1 is 0.963 bits per heavy atom. The Hall–Kier alpha value is -2.63. The van der Waals surface area contributed by atoms with E-state index in [1.165, 1.54) is 5.69 Å². The minimum atomic E-state index is 0.295. The zero-order chi connectivity index (χ0) is 19.0. The molecular formula is C21H28N6. The minimum absolute atomic E-state index is 0.295. The van der Waals surface area contributed by atoms with Gasteiger partial charge in [0.2, 0.25) is 0 Å². The Bertz CT molecular complexity index is 923. The Morgan fingerprint density at radius 2 is 1.63 bits per heavy atom. The van der Waals surface area contributed by atoms with Crippen molar-refractivity contribution in [3.8, 4) is 0 Å². The number of anilines is 2. The maximum Gasteiger partial charge on any atom is 0.158 e. The van der Waals surface area contributed by atoms with Gasteiger partial charge < -0.3 is 9.80 Å². The van der Waals surface area contributed by atoms with Gasteiger partial charge in [0, 0.05) is 44.3 Å². The molecule has 0 amide bonds. The fraction of sp³-hybridized carbons (Fsp3) is 0.476. The molecule has 27 heavy (non-hydrogen) atoms. The van der Waals surface area contributed by atoms with Crippen molar-refractivity contribution in [1.82, 2.24) is 19.7 Å². The number of nitrogens with zero attached hydrogens (tertiary/aromatic N) is 6. The third kappa shape index (κ3) is 3.24. The van der Waals surface area contributed by atoms with Crippen molar-refractivity contribution in [3.63, 3.8) is 0 Å². The van der Waals surface area contributed by atoms with Gasteiger partial charge in [-0.2, -0.15) is 5.10 Å². The second-order valence-electron chi connectivity index (χ2n) is 7.47. The lowest BCUT2D eigenvalue weighted by Gasteiger charge is -2.37. The monoisotopic (exact) mass is 364 g/mol. The molecule has 0 N–H and O–H groups in total. The molecule has 1 aromatic carbocycles. The number of rotatable bonds is 4. The van der Waals surface area contributed by atoms with E-state index >= 15 is 0 Å². The number of fused-ring (bicyclic) bond motifs is 1. The molecule has 4 rings (SSSR count). The summed E-state index contributed by atoms with van der Waals surface area (Å²) in [5, 5.41) is 4.70. The molecule has 0 radical (unpaired) electrons. The SMILES string of the molecule is CCn1nc(C)c2nc(C(C)C)nc(N3CCN(c4ccccc4)CC3)c21. The van der Waals surface area contributed by atoms with E-state index in [-0.39, 0.29) is 0 Å². The van der Waals surface area contributed by atoms with Gasteiger partial charge in [0.1, 0.15) is 16.9 Å². The van der Waals surface area contributed by atoms with Crippen LogP contribution in [0.1, 0.15) is 38.2 Å². The second-order valence-corrected chi connectivity index (χ2v) is 7.47. The van der Waals surface area contributed by atoms with Crippen molar-refractivity contribution in [2.75, 3.05) is 36.0 Å². The largest absolute Gasteiger partial charge is 0.368 e. The third-order valence-corrected chi connectivity index (χ3v) is 5.27. The zero-order valence-corrected chi connectivity index (χ0v) is 16.7. The first-order valence-corrected chi connectivity index (χ1v) is 9.88. The van der Waals surface area contributed by atoms with E-state index in [1.54, 1.807) is 0 Å². The molecule has 0 aliphatic carbocycles. The van der Waals surface area contributed by atoms with Gasteiger partial charge in [-0.15, -0.1) is 0 Å². The molecule has 2 aromatic heterocycles. The van der Waals surface area contributed by atoms with Gasteiger partial charge in [-0.1, -0.05) is 32.0 Å². The maximum absolute atomic E-state index is 4.98. The van der Waals surface area contributed by atoms with Gasteiger partial charge >= 0.3 is 0 Å². The van der Waals surface area contributed by atoms with E-state index in [0.717, 1.165) is 61.1 Å². The zero-order valence-electron chi connectivity index (χ0n) is 16.7. The average Bonchev–Trinajstić information content (AvgIpc) is 3.04. The van der Waals surface area contributed by atoms with Gasteiger partial charge in [0.25, 0.3) is 0 Å². The highest BCUT2D eigenvalue weighted by Gasteiger charge is 2.24. The van der Waals surface area contributed by atoms with Crippen molar-refractivity contribution >= 4 is 22.5 Å². The van der Waals surface area contributed by atoms with Crippen LogP contribution in [0.2, 0.25) is 0 Å². The molecule has 0 saturated carbocycles. The highest BCUT2D eigenvalue weighted by atomic mass is 15.3. The predicted molar refractivity (Wildman–Crippen MR) is 111 cm³/mol. The molecule has 0 unspecified atom stereocenters. The fourth-order valence-corrected chi connectivity index (χ4v) is 3.75. The summed E-state index contributed by atoms with van der Waals surface area (Å²) in [6.45, 7) is 13.2. The summed E-state index contributed by atoms with van der Waals surface area (Å²) in [4.78, 5) is 14.7. The van der Waals surface area contributed by atoms with Crippen LogP contribution in [0.5, 0.6) is 0 Å². The molecule has 1 fully saturated rings. The Morgan fingerprint density at radius 3 is 2.26 bits per heavy atom. The summed E-state index contributed by atoms with van der Waals surface area (Å²) >= 11 is 0. The number of benzene rings is 1. The quantitative estimate of drug-likeness (QED) is 0.708. The van der Waals surface area contributed by atoms with Crippen LogP contribution in [0.4, 0.5) is 11.5 Å². The van der Waals surface area contributed by atoms with Gasteiger partial charge in [-0.25, -0.2) is 9.97 Å². The van der Waals surface area contributed by atoms with Gasteiger partial charge in [-0.05, 0) is 26.0 Å². The second kappa shape index (κ2) is 7.18. The summed E-state index contributed by atoms with van der Waals surface area (Å²) < 4.78 is 2.05. The molecule has 3 heterocycles. The first-order valence-electron chi connectivity index (χ1n) is 9.88. The first kappa shape index (κ1) is 17.8. The highest BCUT2D eigenvalue weighted by Crippen LogP contribution is 2.29. The van der Waals surface area contributed by atoms with Gasteiger partial charge in [0.05, 0.1) is 5.69 Å². The van der Waals surface area contributed by atoms with Crippen LogP contribution in [0.3, 0.4) is 0 Å². The number of hydrogen-bond acceptors (Lipinski definition) is 5. The summed E-state index contributed by atoms with van der Waals surface area (Å²) in [6, 6.07) is 10.6. The van der Waals surface area contributed by atoms with E-state index in [2.05, 4.69) is 60.9 Å². The minimum Gasteiger partial charge on any atom is -0.368 e. The van der Waals surface area contributed by atoms with Crippen LogP contribution in [0.25, 0.3) is 11.0 Å². The number of piperazine rings is 1. The smallest absolute Gasteiger partial charge is 0.158 e. The molecule has 1 aliphatic heterocycles. The van der Waals surface area contributed by atoms with Crippen molar-refractivity contribution in [3.05, 3.63) is 41.9 Å². The molecule has 0 spiro atoms. The Kier molecular flexibility index (Phi) is 4.72. The van der Waals surface area contributed by atoms with Crippen molar-refractivity contribution in [2.45, 2.75) is 40.2 Å². The maximum atomic E-state index is 4.98. The molecule has 6 nitrogen and oxygen atoms in total. The molecule has 1 saturated heterocycles. The summed E-state index contributed by atoms with van der Waals surface area (Å²) in [5.41, 5.74) is 4.35. The molecule has 3 aromatic rings. The summed E-state index contributed by atoms with van der Waals surface area (Å²) in [7, 11) is 0. The normalized spacial score (nSPS) is 15.1. The number of aryl methyl sites for hydroxylation is 2. The summed E-state index contributed by atoms with van der Waals surface area (Å²) in [5.74, 6) is 2.24. The first-order chi connectivity index (χ1) is 13.1. The number of para-hydroxylation sites is 1. The topological polar surface area (TPSA) is 50.1 Å². The van der Waals surface area contributed by atoms with Crippen molar-refractivity contribution in [1.29, 1.82) is 0 Å². The molecule has 0 bridgehead atoms. The molecule has 1 aliphatic rings. The lowest BCUT2D eigenvalue weighted by atomic mass is 10.2. The lowest BCUT2D eigenvalue weighted by molar-refractivity contribution is 0.636. The highest BCUT2D eigenvalue weighted by molar-refractivity contribution is 5.88. The van der Waals surface area contributed by atoms with Crippen LogP contribution in [-0.4, -0.2) is 45.9 Å². The predicted octanol–water partition coefficient (Wildman–Crippen LogP) is 3.60. The third-order valence-electron chi connectivity index (χ3n) is 5.27. The van der Waals surface area contributed by atoms with Crippen LogP contribution < -0.4 is 9.80 Å². The van der Waals surface area contributed by atoms with Crippen LogP contribution in [0, 0.1) is 6.92 Å². The fourth-order valence-electron chi connectivity index (χ4n) is 3.75. The standard InChI is InChI=1S/C21H28N6/c1-5-27-19-18(16(4)24-27)22-20(15(2)3)23-21(19)26-13-11-25(12-14-26)17-9-7-6-8-10-17/h6-10,15H,5,11-14H2,1-4H3. The summed E-state index contributed by atoms with van der Waals surface area (Å²) in [6.07, 6.45) is 0. The molecule has 6 heteroatoms. The van der Waals surface area contributed by atoms with E-state index in [1.807, 2.05) is 11.6 Å². The van der Waals surface area contributed by atoms with Gasteiger partial charge in [-0.3, -0.25) is 4.68 Å². The van der Waals surface area contributed by atoms with Crippen molar-refractivity contribution < 1.29 is 0 Å². The van der Waals surface area contributed by atoms with Crippen molar-refractivity contribution in [2.24, 2.45) is 0 Å². The molecule has 0 atom stereocenters. The van der Waals surface area contributed by atoms with E-state index in [9.17, 15) is 0 Å². The Labute approximate surface area is 160 Å². The van der Waals surface area contributed by atoms with Crippen LogP contribution in [-0.2, 0) is 6.54 Å². The molecule has 142 valence electrons. The average molecular weight is 364 g/mol. The Balaban J connectivity index is 1.69. The van der Waals surface area contributed by atoms with E-state index < -0.39 is 0 Å². The van der Waals surface area contributed by atoms with E-state index in [4.69, 9.17) is 15.1 Å². The van der Waals surface area contributed by atoms with Crippen LogP contribution >= 0.6 is 0 Å². The molecular weight excluding hydrogens is 336 g/mol. The van der Waals surface area contributed by atoms with Crippen LogP contribution in [0.15, 0.2) is 30.3 Å². The van der Waals surface area contributed by atoms with Gasteiger partial charge in [0.15, 0.2) is 5.82 Å². The lowest BCUT2D eigenvalue weighted by Crippen LogP contribution is -2.47. The number of aromatic nitrogens is 4. The number of hydrogen-bond donors (Lipinski definition) is 0. The van der Waals surface area contributed by atoms with E-state index in [0.29, 0.717) is 5.92 Å².